The molecule has 0 saturated heterocycles. The average Bonchev–Trinajstić information content (AvgIpc) is 3.05. The number of nitrogens with zero attached hydrogens (tertiary/aromatic N) is 2. The number of esters is 1. The average molecular weight is 370 g/mol. The summed E-state index contributed by atoms with van der Waals surface area (Å²) in [6, 6.07) is 15.7. The lowest BCUT2D eigenvalue weighted by Crippen LogP contribution is -2.16. The Bertz CT molecular complexity index is 967. The van der Waals surface area contributed by atoms with Crippen molar-refractivity contribution in [2.45, 2.75) is 6.92 Å². The van der Waals surface area contributed by atoms with E-state index in [4.69, 9.17) is 16.3 Å². The van der Waals surface area contributed by atoms with E-state index in [9.17, 15) is 9.59 Å². The number of carbonyl (C=O) groups is 2. The molecular formula is C19H16ClN3O3. The summed E-state index contributed by atoms with van der Waals surface area (Å²) < 4.78 is 6.41. The first-order chi connectivity index (χ1) is 12.5. The topological polar surface area (TPSA) is 73.2 Å². The molecule has 0 atom stereocenters. The predicted octanol–water partition coefficient (Wildman–Crippen LogP) is 3.87. The first-order valence-corrected chi connectivity index (χ1v) is 8.18. The second-order valence-electron chi connectivity index (χ2n) is 5.55. The first kappa shape index (κ1) is 17.7. The van der Waals surface area contributed by atoms with Crippen LogP contribution < -0.4 is 5.32 Å². The van der Waals surface area contributed by atoms with Crippen LogP contribution in [-0.2, 0) is 4.74 Å². The van der Waals surface area contributed by atoms with Crippen molar-refractivity contribution in [2.24, 2.45) is 0 Å². The molecule has 0 aliphatic heterocycles. The van der Waals surface area contributed by atoms with Crippen LogP contribution in [0, 0.1) is 6.92 Å². The number of benzene rings is 2. The van der Waals surface area contributed by atoms with Gasteiger partial charge in [-0.25, -0.2) is 9.48 Å². The van der Waals surface area contributed by atoms with E-state index in [0.29, 0.717) is 10.7 Å². The molecule has 2 aromatic carbocycles. The van der Waals surface area contributed by atoms with Crippen LogP contribution in [-0.4, -0.2) is 28.8 Å². The molecule has 0 unspecified atom stereocenters. The van der Waals surface area contributed by atoms with E-state index in [2.05, 4.69) is 10.4 Å². The standard InChI is InChI=1S/C19H16ClN3O3/c1-12-10-17(22-23(12)14-6-4-3-5-7-14)18(24)21-16-9-8-13(20)11-15(16)19(25)26-2/h3-11H,1-2H3,(H,21,24). The summed E-state index contributed by atoms with van der Waals surface area (Å²) in [5.74, 6) is -1.02. The van der Waals surface area contributed by atoms with Crippen LogP contribution in [0.4, 0.5) is 5.69 Å². The third-order valence-electron chi connectivity index (χ3n) is 3.76. The summed E-state index contributed by atoms with van der Waals surface area (Å²) in [6.07, 6.45) is 0. The molecule has 0 saturated carbocycles. The monoisotopic (exact) mass is 369 g/mol. The molecule has 1 heterocycles. The van der Waals surface area contributed by atoms with Gasteiger partial charge in [0.15, 0.2) is 5.69 Å². The molecule has 6 nitrogen and oxygen atoms in total. The van der Waals surface area contributed by atoms with Crippen LogP contribution in [0.2, 0.25) is 5.02 Å². The number of ether oxygens (including phenoxy) is 1. The Morgan fingerprint density at radius 3 is 2.54 bits per heavy atom. The number of rotatable bonds is 4. The molecule has 0 aliphatic carbocycles. The fourth-order valence-electron chi connectivity index (χ4n) is 2.51. The maximum atomic E-state index is 12.6. The molecule has 26 heavy (non-hydrogen) atoms. The molecule has 0 radical (unpaired) electrons. The van der Waals surface area contributed by atoms with Gasteiger partial charge in [0, 0.05) is 10.7 Å². The number of hydrogen-bond acceptors (Lipinski definition) is 4. The minimum Gasteiger partial charge on any atom is -0.465 e. The molecule has 0 aliphatic rings. The quantitative estimate of drug-likeness (QED) is 0.708. The van der Waals surface area contributed by atoms with Crippen LogP contribution in [0.25, 0.3) is 5.69 Å². The van der Waals surface area contributed by atoms with Crippen molar-refractivity contribution in [3.63, 3.8) is 0 Å². The lowest BCUT2D eigenvalue weighted by atomic mass is 10.1. The Kier molecular flexibility index (Phi) is 5.04. The lowest BCUT2D eigenvalue weighted by Gasteiger charge is -2.09. The number of methoxy groups -OCH3 is 1. The van der Waals surface area contributed by atoms with Gasteiger partial charge in [-0.2, -0.15) is 5.10 Å². The number of nitrogens with one attached hydrogen (secondary N) is 1. The highest BCUT2D eigenvalue weighted by molar-refractivity contribution is 6.31. The first-order valence-electron chi connectivity index (χ1n) is 7.81. The van der Waals surface area contributed by atoms with Crippen molar-refractivity contribution in [3.05, 3.63) is 76.6 Å². The summed E-state index contributed by atoms with van der Waals surface area (Å²) in [5, 5.41) is 7.41. The second kappa shape index (κ2) is 7.41. The summed E-state index contributed by atoms with van der Waals surface area (Å²) in [6.45, 7) is 1.86. The zero-order valence-electron chi connectivity index (χ0n) is 14.2. The number of halogens is 1. The third-order valence-corrected chi connectivity index (χ3v) is 3.99. The number of amides is 1. The predicted molar refractivity (Wildman–Crippen MR) is 99.0 cm³/mol. The highest BCUT2D eigenvalue weighted by atomic mass is 35.5. The summed E-state index contributed by atoms with van der Waals surface area (Å²) >= 11 is 5.93. The van der Waals surface area contributed by atoms with Gasteiger partial charge in [0.1, 0.15) is 0 Å². The summed E-state index contributed by atoms with van der Waals surface area (Å²) in [5.41, 5.74) is 2.37. The van der Waals surface area contributed by atoms with E-state index in [1.165, 1.54) is 13.2 Å². The van der Waals surface area contributed by atoms with Gasteiger partial charge in [0.2, 0.25) is 0 Å². The fraction of sp³-hybridized carbons (Fsp3) is 0.105. The Morgan fingerprint density at radius 2 is 1.85 bits per heavy atom. The van der Waals surface area contributed by atoms with E-state index in [1.54, 1.807) is 22.9 Å². The van der Waals surface area contributed by atoms with Crippen molar-refractivity contribution in [2.75, 3.05) is 12.4 Å². The van der Waals surface area contributed by atoms with Crippen molar-refractivity contribution in [1.29, 1.82) is 0 Å². The Balaban J connectivity index is 1.89. The van der Waals surface area contributed by atoms with Gasteiger partial charge in [-0.3, -0.25) is 4.79 Å². The Labute approximate surface area is 155 Å². The van der Waals surface area contributed by atoms with Crippen LogP contribution in [0.15, 0.2) is 54.6 Å². The molecule has 1 aromatic heterocycles. The van der Waals surface area contributed by atoms with Gasteiger partial charge in [0.25, 0.3) is 5.91 Å². The number of hydrogen-bond donors (Lipinski definition) is 1. The molecule has 3 aromatic rings. The van der Waals surface area contributed by atoms with Gasteiger partial charge in [-0.1, -0.05) is 29.8 Å². The van der Waals surface area contributed by atoms with Crippen LogP contribution in [0.5, 0.6) is 0 Å². The molecule has 1 N–H and O–H groups in total. The van der Waals surface area contributed by atoms with E-state index in [1.807, 2.05) is 37.3 Å². The minimum absolute atomic E-state index is 0.174. The molecular weight excluding hydrogens is 354 g/mol. The van der Waals surface area contributed by atoms with E-state index >= 15 is 0 Å². The normalized spacial score (nSPS) is 10.4. The smallest absolute Gasteiger partial charge is 0.340 e. The molecule has 0 spiro atoms. The largest absolute Gasteiger partial charge is 0.465 e. The van der Waals surface area contributed by atoms with Crippen molar-refractivity contribution < 1.29 is 14.3 Å². The second-order valence-corrected chi connectivity index (χ2v) is 5.99. The van der Waals surface area contributed by atoms with Crippen molar-refractivity contribution in [1.82, 2.24) is 9.78 Å². The molecule has 3 rings (SSSR count). The molecule has 7 heteroatoms. The number of anilines is 1. The van der Waals surface area contributed by atoms with Crippen LogP contribution in [0.1, 0.15) is 26.5 Å². The molecule has 132 valence electrons. The maximum Gasteiger partial charge on any atom is 0.340 e. The Hall–Kier alpha value is -3.12. The van der Waals surface area contributed by atoms with E-state index in [0.717, 1.165) is 11.4 Å². The number of carbonyl (C=O) groups excluding carboxylic acids is 2. The zero-order valence-corrected chi connectivity index (χ0v) is 14.9. The van der Waals surface area contributed by atoms with E-state index in [-0.39, 0.29) is 11.3 Å². The zero-order chi connectivity index (χ0) is 18.7. The summed E-state index contributed by atoms with van der Waals surface area (Å²) in [4.78, 5) is 24.5. The van der Waals surface area contributed by atoms with Crippen molar-refractivity contribution >= 4 is 29.2 Å². The van der Waals surface area contributed by atoms with Crippen LogP contribution >= 0.6 is 11.6 Å². The molecule has 1 amide bonds. The highest BCUT2D eigenvalue weighted by Gasteiger charge is 2.18. The van der Waals surface area contributed by atoms with Gasteiger partial charge >= 0.3 is 5.97 Å². The maximum absolute atomic E-state index is 12.6. The fourth-order valence-corrected chi connectivity index (χ4v) is 2.68. The van der Waals surface area contributed by atoms with Crippen molar-refractivity contribution in [3.8, 4) is 5.69 Å². The number of aryl methyl sites for hydroxylation is 1. The minimum atomic E-state index is -0.589. The van der Waals surface area contributed by atoms with Gasteiger partial charge in [0.05, 0.1) is 24.0 Å². The lowest BCUT2D eigenvalue weighted by molar-refractivity contribution is 0.0602. The van der Waals surface area contributed by atoms with Gasteiger partial charge < -0.3 is 10.1 Å². The van der Waals surface area contributed by atoms with E-state index < -0.39 is 11.9 Å². The number of para-hydroxylation sites is 1. The highest BCUT2D eigenvalue weighted by Crippen LogP contribution is 2.22. The third kappa shape index (κ3) is 3.60. The van der Waals surface area contributed by atoms with Gasteiger partial charge in [-0.05, 0) is 43.3 Å². The molecule has 0 bridgehead atoms. The number of aromatic nitrogens is 2. The molecule has 0 fully saturated rings. The Morgan fingerprint density at radius 1 is 1.12 bits per heavy atom. The van der Waals surface area contributed by atoms with Gasteiger partial charge in [-0.15, -0.1) is 0 Å². The SMILES string of the molecule is COC(=O)c1cc(Cl)ccc1NC(=O)c1cc(C)n(-c2ccccc2)n1. The van der Waals surface area contributed by atoms with Crippen LogP contribution in [0.3, 0.4) is 0 Å². The summed E-state index contributed by atoms with van der Waals surface area (Å²) in [7, 11) is 1.26.